The Kier molecular flexibility index (Phi) is 4.26. The molecule has 0 aliphatic rings. The van der Waals surface area contributed by atoms with E-state index in [1.165, 1.54) is 0 Å². The lowest BCUT2D eigenvalue weighted by Gasteiger charge is -2.12. The van der Waals surface area contributed by atoms with Crippen molar-refractivity contribution in [3.63, 3.8) is 0 Å². The minimum atomic E-state index is 0.0112. The minimum Gasteiger partial charge on any atom is -0.495 e. The molecule has 0 saturated heterocycles. The molecule has 1 heterocycles. The number of hydrogen-bond donors (Lipinski definition) is 2. The molecule has 0 saturated carbocycles. The molecule has 0 unspecified atom stereocenters. The summed E-state index contributed by atoms with van der Waals surface area (Å²) in [5, 5.41) is 4.70. The zero-order chi connectivity index (χ0) is 16.4. The van der Waals surface area contributed by atoms with Gasteiger partial charge in [0.05, 0.1) is 19.3 Å². The number of hydrogen-bond acceptors (Lipinski definition) is 3. The van der Waals surface area contributed by atoms with Gasteiger partial charge in [0.2, 0.25) is 0 Å². The van der Waals surface area contributed by atoms with Crippen molar-refractivity contribution in [2.24, 2.45) is 0 Å². The summed E-state index contributed by atoms with van der Waals surface area (Å²) >= 11 is 6.10. The van der Waals surface area contributed by atoms with Gasteiger partial charge in [-0.1, -0.05) is 29.8 Å². The van der Waals surface area contributed by atoms with Crippen LogP contribution in [0.25, 0.3) is 10.9 Å². The van der Waals surface area contributed by atoms with Gasteiger partial charge >= 0.3 is 0 Å². The Morgan fingerprint density at radius 3 is 2.87 bits per heavy atom. The molecule has 0 bridgehead atoms. The number of aromatic nitrogens is 1. The molecule has 0 aliphatic heterocycles. The summed E-state index contributed by atoms with van der Waals surface area (Å²) in [5.74, 6) is 0.629. The van der Waals surface area contributed by atoms with Crippen LogP contribution in [0.3, 0.4) is 0 Å². The number of Topliss-reactive ketones (excluding diaryl/α,β-unsaturated/α-hetero) is 1. The molecule has 0 amide bonds. The van der Waals surface area contributed by atoms with E-state index < -0.39 is 0 Å². The molecular weight excluding hydrogens is 312 g/mol. The van der Waals surface area contributed by atoms with E-state index in [4.69, 9.17) is 16.3 Å². The number of anilines is 1. The van der Waals surface area contributed by atoms with Crippen LogP contribution in [0.1, 0.15) is 15.9 Å². The van der Waals surface area contributed by atoms with Gasteiger partial charge < -0.3 is 15.0 Å². The molecule has 3 aromatic rings. The maximum atomic E-state index is 12.5. The molecule has 0 aliphatic carbocycles. The van der Waals surface area contributed by atoms with E-state index >= 15 is 0 Å². The summed E-state index contributed by atoms with van der Waals surface area (Å²) in [7, 11) is 1.58. The molecule has 0 atom stereocenters. The zero-order valence-corrected chi connectivity index (χ0v) is 13.7. The van der Waals surface area contributed by atoms with E-state index in [9.17, 15) is 4.79 Å². The lowest BCUT2D eigenvalue weighted by atomic mass is 10.1. The number of carbonyl (C=O) groups excluding carboxylic acids is 1. The number of aryl methyl sites for hydroxylation is 1. The molecule has 23 heavy (non-hydrogen) atoms. The molecule has 1 aromatic heterocycles. The summed E-state index contributed by atoms with van der Waals surface area (Å²) < 4.78 is 5.31. The van der Waals surface area contributed by atoms with Crippen LogP contribution in [0.5, 0.6) is 5.75 Å². The van der Waals surface area contributed by atoms with Crippen LogP contribution >= 0.6 is 11.6 Å². The van der Waals surface area contributed by atoms with Gasteiger partial charge in [-0.2, -0.15) is 0 Å². The minimum absolute atomic E-state index is 0.0112. The van der Waals surface area contributed by atoms with Crippen molar-refractivity contribution in [3.05, 3.63) is 58.7 Å². The van der Waals surface area contributed by atoms with Crippen LogP contribution in [0.4, 0.5) is 5.69 Å². The first kappa shape index (κ1) is 15.4. The number of halogens is 1. The predicted molar refractivity (Wildman–Crippen MR) is 93.9 cm³/mol. The van der Waals surface area contributed by atoms with Crippen molar-refractivity contribution >= 4 is 34.0 Å². The van der Waals surface area contributed by atoms with E-state index in [1.807, 2.05) is 37.3 Å². The highest BCUT2D eigenvalue weighted by Gasteiger charge is 2.13. The van der Waals surface area contributed by atoms with Crippen LogP contribution in [-0.4, -0.2) is 24.4 Å². The topological polar surface area (TPSA) is 54.1 Å². The van der Waals surface area contributed by atoms with E-state index in [1.54, 1.807) is 19.4 Å². The molecule has 0 radical (unpaired) electrons. The summed E-state index contributed by atoms with van der Waals surface area (Å²) in [4.78, 5) is 15.6. The van der Waals surface area contributed by atoms with Crippen molar-refractivity contribution in [1.82, 2.24) is 4.98 Å². The van der Waals surface area contributed by atoms with Crippen LogP contribution < -0.4 is 10.1 Å². The van der Waals surface area contributed by atoms with Crippen molar-refractivity contribution in [2.45, 2.75) is 6.92 Å². The quantitative estimate of drug-likeness (QED) is 0.681. The molecule has 0 fully saturated rings. The second kappa shape index (κ2) is 6.34. The maximum Gasteiger partial charge on any atom is 0.184 e. The smallest absolute Gasteiger partial charge is 0.184 e. The van der Waals surface area contributed by atoms with Gasteiger partial charge in [-0.3, -0.25) is 4.79 Å². The van der Waals surface area contributed by atoms with Crippen LogP contribution in [0.15, 0.2) is 42.6 Å². The van der Waals surface area contributed by atoms with E-state index in [-0.39, 0.29) is 12.3 Å². The summed E-state index contributed by atoms with van der Waals surface area (Å²) in [5.41, 5.74) is 3.31. The number of H-pyrrole nitrogens is 1. The first-order valence-corrected chi connectivity index (χ1v) is 7.65. The number of fused-ring (bicyclic) bond motifs is 1. The third kappa shape index (κ3) is 3.03. The fourth-order valence-corrected chi connectivity index (χ4v) is 2.70. The molecule has 0 spiro atoms. The number of methoxy groups -OCH3 is 1. The first-order valence-electron chi connectivity index (χ1n) is 7.27. The normalized spacial score (nSPS) is 10.7. The van der Waals surface area contributed by atoms with Gasteiger partial charge in [-0.25, -0.2) is 0 Å². The molecule has 4 nitrogen and oxygen atoms in total. The summed E-state index contributed by atoms with van der Waals surface area (Å²) in [6.07, 6.45) is 1.75. The van der Waals surface area contributed by atoms with Gasteiger partial charge in [-0.15, -0.1) is 0 Å². The molecule has 5 heteroatoms. The average Bonchev–Trinajstić information content (AvgIpc) is 2.99. The summed E-state index contributed by atoms with van der Waals surface area (Å²) in [6.45, 7) is 2.09. The average molecular weight is 329 g/mol. The largest absolute Gasteiger partial charge is 0.495 e. The SMILES string of the molecule is COc1cc(Cl)c(C)cc1NCC(=O)c1c[nH]c2ccccc12. The number of benzene rings is 2. The van der Waals surface area contributed by atoms with Crippen LogP contribution in [0, 0.1) is 6.92 Å². The Hall–Kier alpha value is -2.46. The molecule has 118 valence electrons. The monoisotopic (exact) mass is 328 g/mol. The standard InChI is InChI=1S/C18H17ClN2O2/c1-11-7-16(18(23-2)8-14(11)19)21-10-17(22)13-9-20-15-6-4-3-5-12(13)15/h3-9,20-21H,10H2,1-2H3. The van der Waals surface area contributed by atoms with Gasteiger partial charge in [-0.05, 0) is 24.6 Å². The van der Waals surface area contributed by atoms with Crippen molar-refractivity contribution in [2.75, 3.05) is 19.0 Å². The highest BCUT2D eigenvalue weighted by atomic mass is 35.5. The second-order valence-electron chi connectivity index (χ2n) is 5.33. The molecular formula is C18H17ClN2O2. The van der Waals surface area contributed by atoms with Crippen molar-refractivity contribution in [1.29, 1.82) is 0 Å². The van der Waals surface area contributed by atoms with Crippen LogP contribution in [0.2, 0.25) is 5.02 Å². The number of para-hydroxylation sites is 1. The number of aromatic amines is 1. The third-order valence-electron chi connectivity index (χ3n) is 3.81. The van der Waals surface area contributed by atoms with Crippen molar-refractivity contribution < 1.29 is 9.53 Å². The van der Waals surface area contributed by atoms with Gasteiger partial charge in [0.25, 0.3) is 0 Å². The zero-order valence-electron chi connectivity index (χ0n) is 12.9. The Morgan fingerprint density at radius 2 is 2.09 bits per heavy atom. The van der Waals surface area contributed by atoms with Crippen molar-refractivity contribution in [3.8, 4) is 5.75 Å². The van der Waals surface area contributed by atoms with Crippen LogP contribution in [-0.2, 0) is 0 Å². The van der Waals surface area contributed by atoms with Gasteiger partial charge in [0.1, 0.15) is 5.75 Å². The highest BCUT2D eigenvalue weighted by Crippen LogP contribution is 2.31. The first-order chi connectivity index (χ1) is 11.1. The van der Waals surface area contributed by atoms with Gasteiger partial charge in [0.15, 0.2) is 5.78 Å². The number of ketones is 1. The van der Waals surface area contributed by atoms with E-state index in [0.717, 1.165) is 22.2 Å². The third-order valence-corrected chi connectivity index (χ3v) is 4.22. The highest BCUT2D eigenvalue weighted by molar-refractivity contribution is 6.31. The fourth-order valence-electron chi connectivity index (χ4n) is 2.54. The Balaban J connectivity index is 1.81. The number of carbonyl (C=O) groups is 1. The lowest BCUT2D eigenvalue weighted by Crippen LogP contribution is -2.14. The predicted octanol–water partition coefficient (Wildman–Crippen LogP) is 4.43. The maximum absolute atomic E-state index is 12.5. The number of nitrogens with one attached hydrogen (secondary N) is 2. The second-order valence-corrected chi connectivity index (χ2v) is 5.73. The molecule has 2 N–H and O–H groups in total. The number of ether oxygens (including phenoxy) is 1. The Morgan fingerprint density at radius 1 is 1.30 bits per heavy atom. The van der Waals surface area contributed by atoms with E-state index in [2.05, 4.69) is 10.3 Å². The fraction of sp³-hybridized carbons (Fsp3) is 0.167. The Bertz CT molecular complexity index is 871. The number of rotatable bonds is 5. The molecule has 2 aromatic carbocycles. The lowest BCUT2D eigenvalue weighted by molar-refractivity contribution is 0.101. The molecule has 3 rings (SSSR count). The Labute approximate surface area is 139 Å². The van der Waals surface area contributed by atoms with Gasteiger partial charge in [0, 0.05) is 33.8 Å². The van der Waals surface area contributed by atoms with E-state index in [0.29, 0.717) is 16.3 Å². The summed E-state index contributed by atoms with van der Waals surface area (Å²) in [6, 6.07) is 11.4.